The first kappa shape index (κ1) is 55.0. The van der Waals surface area contributed by atoms with Gasteiger partial charge in [0.15, 0.2) is 5.78 Å². The number of cyclic esters (lactones) is 1. The third-order valence-corrected chi connectivity index (χ3v) is 14.7. The number of hydrogen-bond donors (Lipinski definition) is 2. The molecule has 0 radical (unpaired) electrons. The predicted octanol–water partition coefficient (Wildman–Crippen LogP) is 6.53. The van der Waals surface area contributed by atoms with Gasteiger partial charge in [-0.05, 0) is 108 Å². The molecule has 16 heteroatoms. The van der Waals surface area contributed by atoms with E-state index in [1.54, 1.807) is 27.9 Å². The van der Waals surface area contributed by atoms with Gasteiger partial charge in [0.25, 0.3) is 11.7 Å². The molecule has 3 fully saturated rings. The normalized spacial score (nSPS) is 35.4. The third-order valence-electron chi connectivity index (χ3n) is 14.7. The van der Waals surface area contributed by atoms with Crippen molar-refractivity contribution in [2.45, 2.75) is 167 Å². The number of aliphatic hydroxyl groups excluding tert-OH is 1. The fourth-order valence-electron chi connectivity index (χ4n) is 10.7. The summed E-state index contributed by atoms with van der Waals surface area (Å²) in [4.78, 5) is 71.4. The number of carbonyl (C=O) groups excluding carboxylic acids is 5. The zero-order valence-electron chi connectivity index (χ0n) is 41.7. The lowest BCUT2D eigenvalue weighted by Gasteiger charge is -2.47. The summed E-state index contributed by atoms with van der Waals surface area (Å²) >= 11 is 0. The molecular formula is C52H76FNO14. The van der Waals surface area contributed by atoms with Crippen LogP contribution in [0.3, 0.4) is 0 Å². The number of Topliss-reactive ketones (excluding diaryl/α,β-unsaturated/α-hetero) is 3. The van der Waals surface area contributed by atoms with Gasteiger partial charge in [-0.2, -0.15) is 0 Å². The number of ketones is 3. The lowest BCUT2D eigenvalue weighted by molar-refractivity contribution is -0.302. The first-order valence-electron chi connectivity index (χ1n) is 24.4. The Bertz CT molecular complexity index is 1990. The Balaban J connectivity index is 1.44. The number of ether oxygens (including phenoxy) is 7. The highest BCUT2D eigenvalue weighted by molar-refractivity contribution is 6.39. The van der Waals surface area contributed by atoms with Crippen LogP contribution in [-0.4, -0.2) is 140 Å². The van der Waals surface area contributed by atoms with Crippen LogP contribution in [0.1, 0.15) is 123 Å². The molecule has 2 bridgehead atoms. The lowest BCUT2D eigenvalue weighted by atomic mass is 9.81. The number of piperidine rings is 1. The van der Waals surface area contributed by atoms with Crippen molar-refractivity contribution in [1.82, 2.24) is 4.90 Å². The molecule has 1 aromatic rings. The van der Waals surface area contributed by atoms with E-state index in [9.17, 15) is 38.6 Å². The van der Waals surface area contributed by atoms with Crippen LogP contribution >= 0.6 is 0 Å². The van der Waals surface area contributed by atoms with E-state index >= 15 is 0 Å². The van der Waals surface area contributed by atoms with Crippen LogP contribution in [-0.2, 0) is 47.6 Å². The number of nitrogens with zero attached hydrogens (tertiary/aromatic N) is 1. The van der Waals surface area contributed by atoms with E-state index in [0.29, 0.717) is 56.9 Å². The van der Waals surface area contributed by atoms with Crippen LogP contribution in [0.2, 0.25) is 0 Å². The average molecular weight is 958 g/mol. The van der Waals surface area contributed by atoms with Crippen LogP contribution in [0.15, 0.2) is 41.5 Å². The van der Waals surface area contributed by atoms with Gasteiger partial charge in [-0.1, -0.05) is 45.4 Å². The summed E-state index contributed by atoms with van der Waals surface area (Å²) < 4.78 is 55.5. The summed E-state index contributed by atoms with van der Waals surface area (Å²) in [7, 11) is 5.99. The van der Waals surface area contributed by atoms with Crippen LogP contribution in [0, 0.1) is 35.4 Å². The first-order valence-corrected chi connectivity index (χ1v) is 24.4. The van der Waals surface area contributed by atoms with Gasteiger partial charge >= 0.3 is 5.97 Å². The van der Waals surface area contributed by atoms with Crippen molar-refractivity contribution in [3.8, 4) is 5.75 Å². The molecule has 0 spiro atoms. The van der Waals surface area contributed by atoms with Gasteiger partial charge in [0.1, 0.15) is 42.2 Å². The highest BCUT2D eigenvalue weighted by atomic mass is 19.1. The topological polar surface area (TPSA) is 194 Å². The number of rotatable bonds is 11. The van der Waals surface area contributed by atoms with Crippen molar-refractivity contribution >= 4 is 29.2 Å². The molecule has 15 nitrogen and oxygen atoms in total. The van der Waals surface area contributed by atoms with E-state index in [1.807, 2.05) is 32.9 Å². The molecule has 68 heavy (non-hydrogen) atoms. The SMILES string of the molecule is CCC1C=C(C)CC(C)CC(OC)C2OC(O)(C(=O)C(=O)N3CCCCC3C(=O)OC(C(C)=CC3CCC(OCC(=O)c4cc(F)cc(OC)c4)C(OC)C3)C(C)C(O)CC1=O)C(C)CC2OC. The highest BCUT2D eigenvalue weighted by Crippen LogP contribution is 2.39. The Morgan fingerprint density at radius 3 is 2.26 bits per heavy atom. The molecule has 1 aliphatic carbocycles. The molecular weight excluding hydrogens is 882 g/mol. The van der Waals surface area contributed by atoms with Crippen LogP contribution in [0.25, 0.3) is 0 Å². The van der Waals surface area contributed by atoms with Gasteiger partial charge in [0, 0.05) is 63.7 Å². The second-order valence-electron chi connectivity index (χ2n) is 19.7. The maximum absolute atomic E-state index is 14.5. The molecule has 2 N–H and O–H groups in total. The quantitative estimate of drug-likeness (QED) is 0.105. The average Bonchev–Trinajstić information content (AvgIpc) is 3.32. The number of esters is 1. The molecule has 14 atom stereocenters. The molecule has 0 aromatic heterocycles. The van der Waals surface area contributed by atoms with Gasteiger partial charge in [-0.25, -0.2) is 9.18 Å². The standard InChI is InChI=1S/C52H76FNO14/c1-11-35-19-29(2)18-30(3)20-45(64-9)48-46(65-10)22-32(5)52(61,68-48)49(58)50(59)54-17-13-12-14-39(54)51(60)67-47(33(6)40(55)27-41(35)56)31(4)21-34-15-16-43(44(23-34)63-8)66-28-42(57)36-24-37(53)26-38(25-36)62-7/h19,21,24-26,30,32-35,39-40,43-48,55,61H,11-18,20,22-23,27-28H2,1-10H3. The number of benzene rings is 1. The Labute approximate surface area is 401 Å². The fraction of sp³-hybridized carbons (Fsp3) is 0.712. The van der Waals surface area contributed by atoms with Gasteiger partial charge in [0.05, 0.1) is 37.6 Å². The lowest BCUT2D eigenvalue weighted by Crippen LogP contribution is -2.64. The van der Waals surface area contributed by atoms with Crippen molar-refractivity contribution in [3.05, 3.63) is 52.9 Å². The summed E-state index contributed by atoms with van der Waals surface area (Å²) in [6.45, 7) is 10.8. The Morgan fingerprint density at radius 2 is 1.60 bits per heavy atom. The minimum atomic E-state index is -2.54. The molecule has 1 aromatic carbocycles. The monoisotopic (exact) mass is 958 g/mol. The summed E-state index contributed by atoms with van der Waals surface area (Å²) in [6.07, 6.45) is 3.05. The van der Waals surface area contributed by atoms with E-state index in [1.165, 1.54) is 38.4 Å². The number of fused-ring (bicyclic) bond motifs is 3. The van der Waals surface area contributed by atoms with Crippen LogP contribution in [0.5, 0.6) is 5.75 Å². The van der Waals surface area contributed by atoms with E-state index in [2.05, 4.69) is 0 Å². The molecule has 4 aliphatic rings. The van der Waals surface area contributed by atoms with Crippen molar-refractivity contribution in [2.75, 3.05) is 41.6 Å². The Morgan fingerprint density at radius 1 is 0.912 bits per heavy atom. The maximum Gasteiger partial charge on any atom is 0.329 e. The molecule has 1 amide bonds. The highest BCUT2D eigenvalue weighted by Gasteiger charge is 2.56. The molecule has 380 valence electrons. The minimum absolute atomic E-state index is 0.00462. The second-order valence-corrected chi connectivity index (χ2v) is 19.7. The third kappa shape index (κ3) is 13.3. The largest absolute Gasteiger partial charge is 0.497 e. The van der Waals surface area contributed by atoms with Crippen LogP contribution in [0.4, 0.5) is 4.39 Å². The van der Waals surface area contributed by atoms with Crippen LogP contribution < -0.4 is 4.74 Å². The predicted molar refractivity (Wildman–Crippen MR) is 249 cm³/mol. The van der Waals surface area contributed by atoms with E-state index in [4.69, 9.17) is 33.2 Å². The summed E-state index contributed by atoms with van der Waals surface area (Å²) in [6, 6.07) is 2.59. The van der Waals surface area contributed by atoms with Crippen molar-refractivity contribution < 1.29 is 71.7 Å². The molecule has 1 saturated carbocycles. The number of allylic oxidation sites excluding steroid dienone is 3. The molecule has 3 aliphatic heterocycles. The summed E-state index contributed by atoms with van der Waals surface area (Å²) in [5.74, 6) is -8.76. The Kier molecular flexibility index (Phi) is 20.1. The van der Waals surface area contributed by atoms with Gasteiger partial charge in [-0.3, -0.25) is 19.2 Å². The number of methoxy groups -OCH3 is 4. The van der Waals surface area contributed by atoms with Crippen molar-refractivity contribution in [2.24, 2.45) is 29.6 Å². The maximum atomic E-state index is 14.5. The minimum Gasteiger partial charge on any atom is -0.497 e. The number of halogens is 1. The fourth-order valence-corrected chi connectivity index (χ4v) is 10.7. The number of hydrogen-bond acceptors (Lipinski definition) is 14. The van der Waals surface area contributed by atoms with E-state index in [0.717, 1.165) is 11.6 Å². The summed E-state index contributed by atoms with van der Waals surface area (Å²) in [5.41, 5.74) is 1.70. The van der Waals surface area contributed by atoms with Crippen molar-refractivity contribution in [1.29, 1.82) is 0 Å². The smallest absolute Gasteiger partial charge is 0.329 e. The number of carbonyl (C=O) groups is 5. The number of aliphatic hydroxyl groups is 2. The zero-order valence-corrected chi connectivity index (χ0v) is 41.7. The summed E-state index contributed by atoms with van der Waals surface area (Å²) in [5, 5.41) is 24.0. The van der Waals surface area contributed by atoms with Gasteiger partial charge in [0.2, 0.25) is 5.79 Å². The molecule has 14 unspecified atom stereocenters. The molecule has 2 saturated heterocycles. The molecule has 3 heterocycles. The molecule has 5 rings (SSSR count). The Hall–Kier alpha value is -3.90. The first-order chi connectivity index (χ1) is 32.3. The zero-order chi connectivity index (χ0) is 50.0. The van der Waals surface area contributed by atoms with Crippen molar-refractivity contribution in [3.63, 3.8) is 0 Å². The van der Waals surface area contributed by atoms with Gasteiger partial charge < -0.3 is 48.3 Å². The second kappa shape index (κ2) is 24.8. The van der Waals surface area contributed by atoms with Gasteiger partial charge in [-0.15, -0.1) is 0 Å². The van der Waals surface area contributed by atoms with E-state index < -0.39 is 102 Å². The van der Waals surface area contributed by atoms with E-state index in [-0.39, 0.29) is 61.3 Å². The number of amides is 1.